The minimum absolute atomic E-state index is 0.162. The molecule has 2 aromatic rings. The van der Waals surface area contributed by atoms with Crippen LogP contribution in [-0.4, -0.2) is 34.0 Å². The number of halogens is 3. The van der Waals surface area contributed by atoms with Crippen LogP contribution in [0.1, 0.15) is 22.2 Å². The summed E-state index contributed by atoms with van der Waals surface area (Å²) >= 11 is 1.28. The lowest BCUT2D eigenvalue weighted by Crippen LogP contribution is -2.39. The number of hydrogen-bond donors (Lipinski definition) is 1. The molecule has 1 atom stereocenters. The monoisotopic (exact) mass is 395 g/mol. The Kier molecular flexibility index (Phi) is 5.69. The summed E-state index contributed by atoms with van der Waals surface area (Å²) in [7, 11) is 0. The van der Waals surface area contributed by atoms with Crippen LogP contribution >= 0.6 is 11.8 Å². The van der Waals surface area contributed by atoms with Gasteiger partial charge in [0.25, 0.3) is 0 Å². The predicted molar refractivity (Wildman–Crippen MR) is 94.4 cm³/mol. The van der Waals surface area contributed by atoms with Crippen LogP contribution in [0.2, 0.25) is 0 Å². The van der Waals surface area contributed by atoms with Crippen molar-refractivity contribution in [1.82, 2.24) is 15.2 Å². The van der Waals surface area contributed by atoms with E-state index in [1.807, 2.05) is 0 Å². The molecule has 0 bridgehead atoms. The Morgan fingerprint density at radius 2 is 1.96 bits per heavy atom. The number of carbonyl (C=O) groups is 2. The van der Waals surface area contributed by atoms with Gasteiger partial charge in [-0.1, -0.05) is 18.2 Å². The van der Waals surface area contributed by atoms with E-state index in [1.165, 1.54) is 28.8 Å². The summed E-state index contributed by atoms with van der Waals surface area (Å²) in [5.41, 5.74) is 0.490. The number of carbonyl (C=O) groups excluding carboxylic acids is 2. The first-order valence-electron chi connectivity index (χ1n) is 8.09. The second-order valence-corrected chi connectivity index (χ2v) is 6.97. The van der Waals surface area contributed by atoms with E-state index in [4.69, 9.17) is 0 Å². The van der Waals surface area contributed by atoms with Crippen molar-refractivity contribution < 1.29 is 22.8 Å². The number of thioether (sulfide) groups is 1. The van der Waals surface area contributed by atoms with E-state index in [9.17, 15) is 22.8 Å². The molecule has 2 amide bonds. The van der Waals surface area contributed by atoms with Crippen LogP contribution in [0.4, 0.5) is 13.2 Å². The number of aromatic nitrogens is 1. The number of pyridine rings is 1. The molecule has 1 aromatic carbocycles. The molecule has 1 aromatic heterocycles. The number of alkyl halides is 3. The lowest BCUT2D eigenvalue weighted by atomic mass is 10.1. The molecule has 5 nitrogen and oxygen atoms in total. The summed E-state index contributed by atoms with van der Waals surface area (Å²) in [6, 6.07) is 9.99. The average Bonchev–Trinajstić information content (AvgIpc) is 3.01. The van der Waals surface area contributed by atoms with Crippen LogP contribution in [0, 0.1) is 0 Å². The minimum Gasteiger partial charge on any atom is -0.349 e. The summed E-state index contributed by atoms with van der Waals surface area (Å²) in [4.78, 5) is 29.8. The van der Waals surface area contributed by atoms with Gasteiger partial charge in [-0.2, -0.15) is 13.2 Å². The number of rotatable bonds is 5. The second-order valence-electron chi connectivity index (χ2n) is 5.90. The molecule has 1 aliphatic heterocycles. The Balaban J connectivity index is 1.64. The quantitative estimate of drug-likeness (QED) is 0.846. The van der Waals surface area contributed by atoms with Crippen molar-refractivity contribution in [2.75, 3.05) is 12.3 Å². The largest absolute Gasteiger partial charge is 0.416 e. The van der Waals surface area contributed by atoms with Gasteiger partial charge in [-0.3, -0.25) is 14.6 Å². The van der Waals surface area contributed by atoms with E-state index in [0.717, 1.165) is 12.1 Å². The van der Waals surface area contributed by atoms with Crippen molar-refractivity contribution >= 4 is 23.6 Å². The van der Waals surface area contributed by atoms with Crippen LogP contribution < -0.4 is 5.32 Å². The van der Waals surface area contributed by atoms with Crippen LogP contribution in [0.25, 0.3) is 0 Å². The molecule has 3 rings (SSSR count). The highest BCUT2D eigenvalue weighted by molar-refractivity contribution is 8.00. The maximum absolute atomic E-state index is 12.7. The summed E-state index contributed by atoms with van der Waals surface area (Å²) in [5, 5.41) is 2.21. The first-order valence-corrected chi connectivity index (χ1v) is 9.14. The molecular weight excluding hydrogens is 379 g/mol. The van der Waals surface area contributed by atoms with Gasteiger partial charge in [-0.15, -0.1) is 11.8 Å². The third-order valence-electron chi connectivity index (χ3n) is 4.00. The Morgan fingerprint density at radius 3 is 2.59 bits per heavy atom. The van der Waals surface area contributed by atoms with Crippen LogP contribution in [0.15, 0.2) is 48.7 Å². The Morgan fingerprint density at radius 1 is 1.22 bits per heavy atom. The molecule has 0 radical (unpaired) electrons. The fourth-order valence-corrected chi connectivity index (χ4v) is 3.83. The van der Waals surface area contributed by atoms with Gasteiger partial charge in [0.15, 0.2) is 0 Å². The van der Waals surface area contributed by atoms with Crippen molar-refractivity contribution in [3.8, 4) is 0 Å². The number of hydrogen-bond acceptors (Lipinski definition) is 4. The van der Waals surface area contributed by atoms with Gasteiger partial charge in [0.1, 0.15) is 11.9 Å². The standard InChI is InChI=1S/C18H16F3N3O2S/c19-18(20,21)13-6-4-12(5-7-13)17-24(16(26)11-27-17)10-15(25)23-9-14-3-1-2-8-22-14/h1-8,17H,9-11H2,(H,23,25). The summed E-state index contributed by atoms with van der Waals surface area (Å²) in [6.07, 6.45) is -2.80. The van der Waals surface area contributed by atoms with Gasteiger partial charge in [0.05, 0.1) is 23.6 Å². The van der Waals surface area contributed by atoms with E-state index in [0.29, 0.717) is 11.3 Å². The zero-order chi connectivity index (χ0) is 19.4. The first-order chi connectivity index (χ1) is 12.8. The number of benzene rings is 1. The molecule has 1 N–H and O–H groups in total. The van der Waals surface area contributed by atoms with Crippen molar-refractivity contribution in [3.63, 3.8) is 0 Å². The Labute approximate surface area is 158 Å². The van der Waals surface area contributed by atoms with Crippen molar-refractivity contribution in [2.45, 2.75) is 18.1 Å². The predicted octanol–water partition coefficient (Wildman–Crippen LogP) is 2.99. The molecule has 0 saturated carbocycles. The van der Waals surface area contributed by atoms with E-state index >= 15 is 0 Å². The van der Waals surface area contributed by atoms with Crippen LogP contribution in [-0.2, 0) is 22.3 Å². The molecule has 2 heterocycles. The smallest absolute Gasteiger partial charge is 0.349 e. The third-order valence-corrected chi connectivity index (χ3v) is 5.25. The topological polar surface area (TPSA) is 62.3 Å². The summed E-state index contributed by atoms with van der Waals surface area (Å²) < 4.78 is 38.1. The number of amides is 2. The molecule has 1 fully saturated rings. The molecule has 1 unspecified atom stereocenters. The van der Waals surface area contributed by atoms with Gasteiger partial charge in [0, 0.05) is 6.20 Å². The first kappa shape index (κ1) is 19.2. The zero-order valence-electron chi connectivity index (χ0n) is 14.1. The highest BCUT2D eigenvalue weighted by Gasteiger charge is 2.35. The SMILES string of the molecule is O=C(CN1C(=O)CSC1c1ccc(C(F)(F)F)cc1)NCc1ccccn1. The average molecular weight is 395 g/mol. The Bertz CT molecular complexity index is 813. The van der Waals surface area contributed by atoms with Crippen LogP contribution in [0.5, 0.6) is 0 Å². The zero-order valence-corrected chi connectivity index (χ0v) is 14.9. The van der Waals surface area contributed by atoms with Gasteiger partial charge in [-0.25, -0.2) is 0 Å². The van der Waals surface area contributed by atoms with Crippen LogP contribution in [0.3, 0.4) is 0 Å². The maximum atomic E-state index is 12.7. The van der Waals surface area contributed by atoms with E-state index < -0.39 is 17.1 Å². The minimum atomic E-state index is -4.41. The molecule has 0 aliphatic carbocycles. The molecule has 1 aliphatic rings. The normalized spacial score (nSPS) is 17.2. The lowest BCUT2D eigenvalue weighted by molar-refractivity contribution is -0.137. The maximum Gasteiger partial charge on any atom is 0.416 e. The lowest BCUT2D eigenvalue weighted by Gasteiger charge is -2.24. The van der Waals surface area contributed by atoms with Crippen molar-refractivity contribution in [1.29, 1.82) is 0 Å². The van der Waals surface area contributed by atoms with E-state index in [1.54, 1.807) is 24.4 Å². The van der Waals surface area contributed by atoms with Crippen molar-refractivity contribution in [3.05, 3.63) is 65.5 Å². The highest BCUT2D eigenvalue weighted by atomic mass is 32.2. The molecule has 142 valence electrons. The molecule has 27 heavy (non-hydrogen) atoms. The highest BCUT2D eigenvalue weighted by Crippen LogP contribution is 2.39. The van der Waals surface area contributed by atoms with Crippen molar-refractivity contribution in [2.24, 2.45) is 0 Å². The molecule has 0 spiro atoms. The van der Waals surface area contributed by atoms with E-state index in [-0.39, 0.29) is 30.7 Å². The summed E-state index contributed by atoms with van der Waals surface area (Å²) in [5.74, 6) is -0.398. The fraction of sp³-hybridized carbons (Fsp3) is 0.278. The van der Waals surface area contributed by atoms with Gasteiger partial charge in [0.2, 0.25) is 11.8 Å². The molecule has 9 heteroatoms. The third kappa shape index (κ3) is 4.79. The van der Waals surface area contributed by atoms with Gasteiger partial charge in [-0.05, 0) is 29.8 Å². The fourth-order valence-electron chi connectivity index (χ4n) is 2.64. The van der Waals surface area contributed by atoms with Gasteiger partial charge >= 0.3 is 6.18 Å². The molecular formula is C18H16F3N3O2S. The summed E-state index contributed by atoms with van der Waals surface area (Å²) in [6.45, 7) is 0.0736. The van der Waals surface area contributed by atoms with Gasteiger partial charge < -0.3 is 10.2 Å². The molecule has 1 saturated heterocycles. The second kappa shape index (κ2) is 7.99. The Hall–Kier alpha value is -2.55. The van der Waals surface area contributed by atoms with E-state index in [2.05, 4.69) is 10.3 Å². The number of nitrogens with one attached hydrogen (secondary N) is 1. The number of nitrogens with zero attached hydrogens (tertiary/aromatic N) is 2.